The van der Waals surface area contributed by atoms with Crippen LogP contribution >= 0.6 is 0 Å². The fraction of sp³-hybridized carbons (Fsp3) is 1.00. The van der Waals surface area contributed by atoms with Crippen molar-refractivity contribution in [2.75, 3.05) is 0 Å². The Morgan fingerprint density at radius 1 is 1.23 bits per heavy atom. The van der Waals surface area contributed by atoms with Gasteiger partial charge in [-0.2, -0.15) is 0 Å². The monoisotopic (exact) mass is 194 g/mol. The van der Waals surface area contributed by atoms with Crippen molar-refractivity contribution in [3.8, 4) is 0 Å². The molecule has 0 heterocycles. The highest BCUT2D eigenvalue weighted by Crippen LogP contribution is 2.50. The first-order valence-corrected chi connectivity index (χ1v) is 6.59. The van der Waals surface area contributed by atoms with E-state index in [4.69, 9.17) is 0 Å². The second kappa shape index (κ2) is 5.42. The van der Waals surface area contributed by atoms with Gasteiger partial charge >= 0.3 is 0 Å². The Morgan fingerprint density at radius 3 is 2.62 bits per heavy atom. The Morgan fingerprint density at radius 2 is 2.00 bits per heavy atom. The molecule has 0 aromatic carbocycles. The zero-order chi connectivity index (χ0) is 9.73. The number of hydrogen-bond donors (Lipinski definition) is 0. The van der Waals surface area contributed by atoms with E-state index in [9.17, 15) is 0 Å². The molecule has 0 nitrogen and oxygen atoms in total. The number of hydrogen-bond acceptors (Lipinski definition) is 0. The van der Waals surface area contributed by atoms with Crippen molar-refractivity contribution in [1.82, 2.24) is 0 Å². The summed E-state index contributed by atoms with van der Waals surface area (Å²) in [6, 6.07) is 0. The zero-order valence-corrected chi connectivity index (χ0v) is 10.5. The molecule has 13 heavy (non-hydrogen) atoms. The second-order valence-corrected chi connectivity index (χ2v) is 5.86. The van der Waals surface area contributed by atoms with E-state index in [0.29, 0.717) is 4.28 Å². The summed E-state index contributed by atoms with van der Waals surface area (Å²) < 4.78 is 0.614. The molecule has 0 aromatic heterocycles. The van der Waals surface area contributed by atoms with Gasteiger partial charge in [0.1, 0.15) is 16.3 Å². The van der Waals surface area contributed by atoms with Gasteiger partial charge in [-0.1, -0.05) is 69.5 Å². The Bertz CT molecular complexity index is 138. The minimum absolute atomic E-state index is 0.614. The largest absolute Gasteiger partial charge is 0.130 e. The molecular formula is C12H23Al. The SMILES string of the molecule is CCCC1CCCC[C]1([Al])CCC. The molecule has 2 unspecified atom stereocenters. The third-order valence-corrected chi connectivity index (χ3v) is 4.66. The predicted molar refractivity (Wildman–Crippen MR) is 60.2 cm³/mol. The van der Waals surface area contributed by atoms with Gasteiger partial charge < -0.3 is 0 Å². The summed E-state index contributed by atoms with van der Waals surface area (Å²) in [7, 11) is 0. The molecule has 2 atom stereocenters. The van der Waals surface area contributed by atoms with Crippen molar-refractivity contribution in [3.63, 3.8) is 0 Å². The lowest BCUT2D eigenvalue weighted by atomic mass is 9.74. The first kappa shape index (κ1) is 11.6. The van der Waals surface area contributed by atoms with Crippen molar-refractivity contribution < 1.29 is 0 Å². The molecule has 0 bridgehead atoms. The van der Waals surface area contributed by atoms with Crippen molar-refractivity contribution >= 4 is 16.3 Å². The molecule has 1 heteroatoms. The van der Waals surface area contributed by atoms with Crippen molar-refractivity contribution in [1.29, 1.82) is 0 Å². The third kappa shape index (κ3) is 3.00. The van der Waals surface area contributed by atoms with Gasteiger partial charge in [0, 0.05) is 0 Å². The van der Waals surface area contributed by atoms with Crippen LogP contribution in [0.3, 0.4) is 0 Å². The standard InChI is InChI=1S/C12H23.Al/c1-3-7-11-9-5-6-10-12(11)8-4-2;/h11H,3-10H2,1-2H3;. The second-order valence-electron chi connectivity index (χ2n) is 4.71. The van der Waals surface area contributed by atoms with E-state index in [1.807, 2.05) is 0 Å². The third-order valence-electron chi connectivity index (χ3n) is 3.61. The predicted octanol–water partition coefficient (Wildman–Crippen LogP) is 4.10. The van der Waals surface area contributed by atoms with Gasteiger partial charge in [-0.05, 0) is 5.92 Å². The van der Waals surface area contributed by atoms with Crippen LogP contribution < -0.4 is 0 Å². The van der Waals surface area contributed by atoms with Gasteiger partial charge in [0.25, 0.3) is 0 Å². The highest BCUT2D eigenvalue weighted by Gasteiger charge is 2.33. The van der Waals surface area contributed by atoms with E-state index < -0.39 is 0 Å². The number of rotatable bonds is 4. The van der Waals surface area contributed by atoms with Crippen LogP contribution in [0.25, 0.3) is 0 Å². The van der Waals surface area contributed by atoms with Crippen LogP contribution in [0.5, 0.6) is 0 Å². The average Bonchev–Trinajstić information content (AvgIpc) is 2.10. The minimum atomic E-state index is 0.614. The summed E-state index contributed by atoms with van der Waals surface area (Å²) in [5.41, 5.74) is 0. The summed E-state index contributed by atoms with van der Waals surface area (Å²) in [4.78, 5) is 0. The molecule has 0 saturated heterocycles. The van der Waals surface area contributed by atoms with Gasteiger partial charge in [-0.25, -0.2) is 0 Å². The Balaban J connectivity index is 2.54. The van der Waals surface area contributed by atoms with E-state index in [2.05, 4.69) is 30.1 Å². The van der Waals surface area contributed by atoms with Crippen LogP contribution in [-0.4, -0.2) is 16.3 Å². The molecule has 1 rings (SSSR count). The molecule has 0 aromatic rings. The van der Waals surface area contributed by atoms with Crippen molar-refractivity contribution in [3.05, 3.63) is 0 Å². The van der Waals surface area contributed by atoms with Crippen LogP contribution in [0.2, 0.25) is 4.28 Å². The van der Waals surface area contributed by atoms with E-state index in [-0.39, 0.29) is 0 Å². The molecular weight excluding hydrogens is 171 g/mol. The molecule has 1 saturated carbocycles. The zero-order valence-electron chi connectivity index (χ0n) is 9.31. The van der Waals surface area contributed by atoms with Crippen LogP contribution in [0.4, 0.5) is 0 Å². The van der Waals surface area contributed by atoms with E-state index in [0.717, 1.165) is 5.92 Å². The van der Waals surface area contributed by atoms with E-state index in [1.165, 1.54) is 51.4 Å². The highest BCUT2D eigenvalue weighted by atomic mass is 27.0. The molecule has 0 amide bonds. The molecule has 0 N–H and O–H groups in total. The van der Waals surface area contributed by atoms with Gasteiger partial charge in [-0.3, -0.25) is 0 Å². The van der Waals surface area contributed by atoms with Crippen LogP contribution in [0.1, 0.15) is 65.2 Å². The highest BCUT2D eigenvalue weighted by molar-refractivity contribution is 6.15. The lowest BCUT2D eigenvalue weighted by Crippen LogP contribution is -2.27. The summed E-state index contributed by atoms with van der Waals surface area (Å²) in [6.07, 6.45) is 11.5. The van der Waals surface area contributed by atoms with Gasteiger partial charge in [0.15, 0.2) is 0 Å². The molecule has 0 spiro atoms. The summed E-state index contributed by atoms with van der Waals surface area (Å²) >= 11 is 3.20. The molecule has 74 valence electrons. The summed E-state index contributed by atoms with van der Waals surface area (Å²) in [6.45, 7) is 4.65. The summed E-state index contributed by atoms with van der Waals surface area (Å²) in [5, 5.41) is 0. The molecule has 2 radical (unpaired) electrons. The maximum atomic E-state index is 3.20. The van der Waals surface area contributed by atoms with Gasteiger partial charge in [-0.15, -0.1) is 0 Å². The summed E-state index contributed by atoms with van der Waals surface area (Å²) in [5.74, 6) is 0.996. The van der Waals surface area contributed by atoms with Crippen LogP contribution in [0.15, 0.2) is 0 Å². The smallest absolute Gasteiger partial charge is 0.0940 e. The van der Waals surface area contributed by atoms with Crippen LogP contribution in [-0.2, 0) is 0 Å². The normalized spacial score (nSPS) is 34.8. The fourth-order valence-electron chi connectivity index (χ4n) is 2.91. The first-order valence-electron chi connectivity index (χ1n) is 6.02. The Labute approximate surface area is 91.9 Å². The lowest BCUT2D eigenvalue weighted by Gasteiger charge is -2.43. The minimum Gasteiger partial charge on any atom is -0.0940 e. The molecule has 1 aliphatic carbocycles. The van der Waals surface area contributed by atoms with Gasteiger partial charge in [0.05, 0.1) is 0 Å². The van der Waals surface area contributed by atoms with Gasteiger partial charge in [0.2, 0.25) is 0 Å². The fourth-order valence-corrected chi connectivity index (χ4v) is 3.74. The first-order chi connectivity index (χ1) is 6.23. The molecule has 1 aliphatic rings. The average molecular weight is 194 g/mol. The van der Waals surface area contributed by atoms with Crippen LogP contribution in [0, 0.1) is 5.92 Å². The quantitative estimate of drug-likeness (QED) is 0.591. The van der Waals surface area contributed by atoms with E-state index >= 15 is 0 Å². The lowest BCUT2D eigenvalue weighted by molar-refractivity contribution is 0.227. The van der Waals surface area contributed by atoms with E-state index in [1.54, 1.807) is 0 Å². The topological polar surface area (TPSA) is 0 Å². The van der Waals surface area contributed by atoms with Crippen molar-refractivity contribution in [2.45, 2.75) is 69.5 Å². The Hall–Kier alpha value is 0.532. The van der Waals surface area contributed by atoms with Crippen molar-refractivity contribution in [2.24, 2.45) is 5.92 Å². The maximum absolute atomic E-state index is 3.20. The maximum Gasteiger partial charge on any atom is 0.130 e. The molecule has 1 fully saturated rings. The Kier molecular flexibility index (Phi) is 4.84. The molecule has 0 aliphatic heterocycles.